The Bertz CT molecular complexity index is 436. The molecule has 0 aromatic carbocycles. The topological polar surface area (TPSA) is 43.4 Å². The molecule has 3 saturated carbocycles. The Labute approximate surface area is 159 Å². The number of hydrogen-bond acceptors (Lipinski definition) is 3. The Hall–Kier alpha value is -0.860. The molecule has 0 aromatic heterocycles. The van der Waals surface area contributed by atoms with Crippen LogP contribution >= 0.6 is 0 Å². The van der Waals surface area contributed by atoms with Gasteiger partial charge in [0, 0.05) is 6.42 Å². The lowest BCUT2D eigenvalue weighted by Gasteiger charge is -2.41. The quantitative estimate of drug-likeness (QED) is 0.459. The summed E-state index contributed by atoms with van der Waals surface area (Å²) in [5.74, 6) is 4.68. The summed E-state index contributed by atoms with van der Waals surface area (Å²) in [4.78, 5) is 22.3. The standard InChI is InChI=1S/C23H38O3/c1-26-23(25)22-14-12-21(13-15-22)20-10-8-19(9-11-20)18-6-4-17(5-7-18)3-2-16-24/h16-22H,2-15H2,1H3/t17-,18-,19-,20-,21-,22-. The van der Waals surface area contributed by atoms with E-state index in [1.54, 1.807) is 0 Å². The van der Waals surface area contributed by atoms with Crippen molar-refractivity contribution in [1.29, 1.82) is 0 Å². The van der Waals surface area contributed by atoms with Gasteiger partial charge in [-0.05, 0) is 100 Å². The number of hydrogen-bond donors (Lipinski definition) is 0. The lowest BCUT2D eigenvalue weighted by atomic mass is 9.65. The fourth-order valence-electron chi connectivity index (χ4n) is 6.33. The molecule has 0 aliphatic heterocycles. The normalized spacial score (nSPS) is 38.5. The molecule has 148 valence electrons. The minimum Gasteiger partial charge on any atom is -0.469 e. The molecular weight excluding hydrogens is 324 g/mol. The molecule has 0 amide bonds. The fourth-order valence-corrected chi connectivity index (χ4v) is 6.33. The van der Waals surface area contributed by atoms with Crippen molar-refractivity contribution < 1.29 is 14.3 Å². The molecule has 3 aliphatic rings. The number of methoxy groups -OCH3 is 1. The van der Waals surface area contributed by atoms with E-state index in [-0.39, 0.29) is 11.9 Å². The van der Waals surface area contributed by atoms with Crippen LogP contribution < -0.4 is 0 Å². The van der Waals surface area contributed by atoms with Crippen LogP contribution in [0.25, 0.3) is 0 Å². The van der Waals surface area contributed by atoms with Gasteiger partial charge in [0.15, 0.2) is 0 Å². The van der Waals surface area contributed by atoms with E-state index in [4.69, 9.17) is 4.74 Å². The van der Waals surface area contributed by atoms with Gasteiger partial charge in [0.25, 0.3) is 0 Å². The van der Waals surface area contributed by atoms with Crippen LogP contribution in [0, 0.1) is 35.5 Å². The third-order valence-electron chi connectivity index (χ3n) is 8.04. The Balaban J connectivity index is 1.36. The number of ether oxygens (including phenoxy) is 1. The van der Waals surface area contributed by atoms with Crippen molar-refractivity contribution in [2.24, 2.45) is 35.5 Å². The van der Waals surface area contributed by atoms with Crippen LogP contribution in [-0.2, 0) is 14.3 Å². The van der Waals surface area contributed by atoms with Crippen LogP contribution in [-0.4, -0.2) is 19.4 Å². The van der Waals surface area contributed by atoms with Gasteiger partial charge < -0.3 is 9.53 Å². The van der Waals surface area contributed by atoms with E-state index in [0.29, 0.717) is 0 Å². The predicted octanol–water partition coefficient (Wildman–Crippen LogP) is 5.56. The van der Waals surface area contributed by atoms with Crippen LogP contribution in [0.2, 0.25) is 0 Å². The molecule has 0 saturated heterocycles. The molecule has 3 aliphatic carbocycles. The number of rotatable bonds is 6. The molecule has 0 bridgehead atoms. The van der Waals surface area contributed by atoms with Gasteiger partial charge in [-0.1, -0.05) is 12.8 Å². The van der Waals surface area contributed by atoms with Gasteiger partial charge in [-0.25, -0.2) is 0 Å². The second-order valence-electron chi connectivity index (χ2n) is 9.33. The summed E-state index contributed by atoms with van der Waals surface area (Å²) in [6.07, 6.45) is 18.8. The first-order chi connectivity index (χ1) is 12.7. The minimum atomic E-state index is 0.0101. The molecule has 0 heterocycles. The number of aldehydes is 1. The Morgan fingerprint density at radius 1 is 0.769 bits per heavy atom. The van der Waals surface area contributed by atoms with Gasteiger partial charge in [-0.15, -0.1) is 0 Å². The highest BCUT2D eigenvalue weighted by Crippen LogP contribution is 2.46. The van der Waals surface area contributed by atoms with E-state index in [9.17, 15) is 9.59 Å². The van der Waals surface area contributed by atoms with Crippen LogP contribution in [0.5, 0.6) is 0 Å². The van der Waals surface area contributed by atoms with Crippen molar-refractivity contribution in [3.05, 3.63) is 0 Å². The van der Waals surface area contributed by atoms with Gasteiger partial charge >= 0.3 is 5.97 Å². The highest BCUT2D eigenvalue weighted by molar-refractivity contribution is 5.72. The first kappa shape index (κ1) is 19.9. The minimum absolute atomic E-state index is 0.0101. The van der Waals surface area contributed by atoms with Crippen LogP contribution in [0.3, 0.4) is 0 Å². The molecule has 3 nitrogen and oxygen atoms in total. The molecule has 0 unspecified atom stereocenters. The third kappa shape index (κ3) is 5.10. The van der Waals surface area contributed by atoms with Crippen molar-refractivity contribution in [3.8, 4) is 0 Å². The molecule has 0 aromatic rings. The SMILES string of the molecule is COC(=O)[C@H]1CC[C@H]([C@H]2CC[C@H]([C@H]3CC[C@H](CCC=O)CC3)CC2)CC1. The first-order valence-corrected chi connectivity index (χ1v) is 11.2. The zero-order valence-corrected chi connectivity index (χ0v) is 16.7. The predicted molar refractivity (Wildman–Crippen MR) is 104 cm³/mol. The van der Waals surface area contributed by atoms with Crippen LogP contribution in [0.15, 0.2) is 0 Å². The molecule has 0 spiro atoms. The lowest BCUT2D eigenvalue weighted by Crippen LogP contribution is -2.31. The molecule has 3 heteroatoms. The third-order valence-corrected chi connectivity index (χ3v) is 8.04. The zero-order valence-electron chi connectivity index (χ0n) is 16.7. The largest absolute Gasteiger partial charge is 0.469 e. The van der Waals surface area contributed by atoms with Crippen molar-refractivity contribution in [2.45, 2.75) is 89.9 Å². The average Bonchev–Trinajstić information content (AvgIpc) is 2.72. The number of carbonyl (C=O) groups is 2. The zero-order chi connectivity index (χ0) is 18.4. The van der Waals surface area contributed by atoms with Crippen LogP contribution in [0.1, 0.15) is 89.9 Å². The molecular formula is C23H38O3. The van der Waals surface area contributed by atoms with Crippen molar-refractivity contribution in [1.82, 2.24) is 0 Å². The summed E-state index contributed by atoms with van der Waals surface area (Å²) in [6.45, 7) is 0. The smallest absolute Gasteiger partial charge is 0.308 e. The van der Waals surface area contributed by atoms with Crippen molar-refractivity contribution in [2.75, 3.05) is 7.11 Å². The summed E-state index contributed by atoms with van der Waals surface area (Å²) in [5.41, 5.74) is 0. The molecule has 3 rings (SSSR count). The number of carbonyl (C=O) groups excluding carboxylic acids is 2. The maximum atomic E-state index is 11.7. The Morgan fingerprint density at radius 2 is 1.19 bits per heavy atom. The van der Waals surface area contributed by atoms with Gasteiger partial charge in [0.1, 0.15) is 6.29 Å². The molecule has 0 radical (unpaired) electrons. The Kier molecular flexibility index (Phi) is 7.57. The molecule has 0 N–H and O–H groups in total. The summed E-state index contributed by atoms with van der Waals surface area (Å²) >= 11 is 0. The summed E-state index contributed by atoms with van der Waals surface area (Å²) in [5, 5.41) is 0. The molecule has 26 heavy (non-hydrogen) atoms. The van der Waals surface area contributed by atoms with Crippen molar-refractivity contribution in [3.63, 3.8) is 0 Å². The monoisotopic (exact) mass is 362 g/mol. The second kappa shape index (κ2) is 9.90. The van der Waals surface area contributed by atoms with E-state index in [2.05, 4.69) is 0 Å². The fraction of sp³-hybridized carbons (Fsp3) is 0.913. The summed E-state index contributed by atoms with van der Waals surface area (Å²) in [6, 6.07) is 0. The maximum Gasteiger partial charge on any atom is 0.308 e. The lowest BCUT2D eigenvalue weighted by molar-refractivity contribution is -0.147. The van der Waals surface area contributed by atoms with Gasteiger partial charge in [-0.2, -0.15) is 0 Å². The van der Waals surface area contributed by atoms with Gasteiger partial charge in [-0.3, -0.25) is 4.79 Å². The molecule has 0 atom stereocenters. The van der Waals surface area contributed by atoms with Gasteiger partial charge in [0.2, 0.25) is 0 Å². The van der Waals surface area contributed by atoms with E-state index in [1.165, 1.54) is 71.3 Å². The highest BCUT2D eigenvalue weighted by atomic mass is 16.5. The maximum absolute atomic E-state index is 11.7. The Morgan fingerprint density at radius 3 is 1.62 bits per heavy atom. The second-order valence-corrected chi connectivity index (χ2v) is 9.33. The number of esters is 1. The van der Waals surface area contributed by atoms with E-state index < -0.39 is 0 Å². The summed E-state index contributed by atoms with van der Waals surface area (Å²) < 4.78 is 4.92. The van der Waals surface area contributed by atoms with E-state index in [1.807, 2.05) is 0 Å². The first-order valence-electron chi connectivity index (χ1n) is 11.2. The van der Waals surface area contributed by atoms with E-state index >= 15 is 0 Å². The highest BCUT2D eigenvalue weighted by Gasteiger charge is 2.35. The van der Waals surface area contributed by atoms with E-state index in [0.717, 1.165) is 61.6 Å². The van der Waals surface area contributed by atoms with Gasteiger partial charge in [0.05, 0.1) is 13.0 Å². The van der Waals surface area contributed by atoms with Crippen molar-refractivity contribution >= 4 is 12.3 Å². The molecule has 3 fully saturated rings. The van der Waals surface area contributed by atoms with Crippen LogP contribution in [0.4, 0.5) is 0 Å². The summed E-state index contributed by atoms with van der Waals surface area (Å²) in [7, 11) is 1.52. The average molecular weight is 363 g/mol.